The molecule has 1 aromatic rings. The lowest BCUT2D eigenvalue weighted by atomic mass is 10.2. The third kappa shape index (κ3) is 3.04. The van der Waals surface area contributed by atoms with E-state index in [4.69, 9.17) is 0 Å². The summed E-state index contributed by atoms with van der Waals surface area (Å²) in [7, 11) is 1.26. The van der Waals surface area contributed by atoms with Crippen molar-refractivity contribution in [1.29, 1.82) is 0 Å². The smallest absolute Gasteiger partial charge is 0.407 e. The van der Waals surface area contributed by atoms with Gasteiger partial charge in [0.25, 0.3) is 0 Å². The number of hydrogen-bond donors (Lipinski definition) is 2. The summed E-state index contributed by atoms with van der Waals surface area (Å²) in [4.78, 5) is 27.2. The molecule has 1 aliphatic heterocycles. The van der Waals surface area contributed by atoms with E-state index in [1.54, 1.807) is 13.1 Å². The van der Waals surface area contributed by atoms with Crippen LogP contribution in [0.15, 0.2) is 6.20 Å². The van der Waals surface area contributed by atoms with E-state index in [0.29, 0.717) is 5.82 Å². The average molecular weight is 266 g/mol. The second-order valence-corrected chi connectivity index (χ2v) is 4.52. The van der Waals surface area contributed by atoms with Crippen molar-refractivity contribution in [3.05, 3.63) is 12.0 Å². The van der Waals surface area contributed by atoms with E-state index in [-0.39, 0.29) is 5.91 Å². The fourth-order valence-electron chi connectivity index (χ4n) is 2.05. The number of methoxy groups -OCH3 is 1. The molecule has 104 valence electrons. The maximum Gasteiger partial charge on any atom is 0.407 e. The maximum atomic E-state index is 11.9. The Labute approximate surface area is 111 Å². The molecule has 0 radical (unpaired) electrons. The Morgan fingerprint density at radius 1 is 1.47 bits per heavy atom. The Balaban J connectivity index is 1.99. The Hall–Kier alpha value is -2.05. The molecule has 2 rings (SSSR count). The van der Waals surface area contributed by atoms with Crippen LogP contribution < -0.4 is 10.6 Å². The van der Waals surface area contributed by atoms with Crippen LogP contribution in [0.25, 0.3) is 0 Å². The third-order valence-corrected chi connectivity index (χ3v) is 3.13. The summed E-state index contributed by atoms with van der Waals surface area (Å²) in [6, 6.07) is -0.665. The molecule has 7 nitrogen and oxygen atoms in total. The molecule has 0 aromatic carbocycles. The van der Waals surface area contributed by atoms with Crippen molar-refractivity contribution in [2.75, 3.05) is 12.4 Å². The maximum absolute atomic E-state index is 11.9. The van der Waals surface area contributed by atoms with E-state index in [2.05, 4.69) is 20.4 Å². The second kappa shape index (κ2) is 5.73. The van der Waals surface area contributed by atoms with Crippen molar-refractivity contribution in [1.82, 2.24) is 14.9 Å². The van der Waals surface area contributed by atoms with Crippen LogP contribution in [0.3, 0.4) is 0 Å². The Kier molecular flexibility index (Phi) is 4.03. The molecule has 0 saturated heterocycles. The number of hydrogen-bond acceptors (Lipinski definition) is 4. The summed E-state index contributed by atoms with van der Waals surface area (Å²) < 4.78 is 6.46. The first-order valence-electron chi connectivity index (χ1n) is 6.31. The molecular formula is C12H18N4O3. The first-order valence-corrected chi connectivity index (χ1v) is 6.31. The van der Waals surface area contributed by atoms with Crippen LogP contribution in [0.2, 0.25) is 0 Å². The number of imidazole rings is 1. The number of carbonyl (C=O) groups is 2. The molecule has 7 heteroatoms. The van der Waals surface area contributed by atoms with E-state index in [1.165, 1.54) is 7.11 Å². The molecule has 0 spiro atoms. The molecule has 0 saturated carbocycles. The summed E-state index contributed by atoms with van der Waals surface area (Å²) >= 11 is 0. The molecule has 2 amide bonds. The zero-order chi connectivity index (χ0) is 13.8. The number of aryl methyl sites for hydroxylation is 1. The minimum atomic E-state index is -0.665. The van der Waals surface area contributed by atoms with Gasteiger partial charge in [-0.05, 0) is 19.8 Å². The second-order valence-electron chi connectivity index (χ2n) is 4.52. The molecule has 2 heterocycles. The molecule has 2 N–H and O–H groups in total. The normalized spacial score (nSPS) is 15.3. The van der Waals surface area contributed by atoms with E-state index >= 15 is 0 Å². The lowest BCUT2D eigenvalue weighted by Gasteiger charge is -2.18. The van der Waals surface area contributed by atoms with Crippen molar-refractivity contribution in [3.8, 4) is 0 Å². The number of fused-ring (bicyclic) bond motifs is 1. The summed E-state index contributed by atoms with van der Waals surface area (Å²) in [6.07, 6.45) is 4.18. The summed E-state index contributed by atoms with van der Waals surface area (Å²) in [6.45, 7) is 2.46. The molecule has 0 unspecified atom stereocenters. The van der Waals surface area contributed by atoms with Gasteiger partial charge < -0.3 is 19.9 Å². The van der Waals surface area contributed by atoms with Gasteiger partial charge in [0.15, 0.2) is 0 Å². The topological polar surface area (TPSA) is 85.2 Å². The van der Waals surface area contributed by atoms with Crippen molar-refractivity contribution < 1.29 is 14.3 Å². The molecule has 0 aliphatic carbocycles. The predicted octanol–water partition coefficient (Wildman–Crippen LogP) is 0.902. The van der Waals surface area contributed by atoms with Gasteiger partial charge in [0, 0.05) is 13.0 Å². The highest BCUT2D eigenvalue weighted by atomic mass is 16.5. The molecule has 19 heavy (non-hydrogen) atoms. The van der Waals surface area contributed by atoms with Gasteiger partial charge >= 0.3 is 6.09 Å². The lowest BCUT2D eigenvalue weighted by molar-refractivity contribution is -0.117. The van der Waals surface area contributed by atoms with Crippen molar-refractivity contribution >= 4 is 17.8 Å². The van der Waals surface area contributed by atoms with Crippen molar-refractivity contribution in [2.45, 2.75) is 38.8 Å². The predicted molar refractivity (Wildman–Crippen MR) is 68.8 cm³/mol. The number of carbonyl (C=O) groups excluding carboxylic acids is 2. The number of nitrogens with zero attached hydrogens (tertiary/aromatic N) is 2. The van der Waals surface area contributed by atoms with Crippen LogP contribution in [0.5, 0.6) is 0 Å². The van der Waals surface area contributed by atoms with Crippen LogP contribution in [0.4, 0.5) is 10.6 Å². The van der Waals surface area contributed by atoms with Gasteiger partial charge in [0.05, 0.1) is 13.3 Å². The molecule has 0 bridgehead atoms. The van der Waals surface area contributed by atoms with Gasteiger partial charge in [-0.1, -0.05) is 0 Å². The van der Waals surface area contributed by atoms with E-state index in [9.17, 15) is 9.59 Å². The van der Waals surface area contributed by atoms with Crippen LogP contribution in [0.1, 0.15) is 25.6 Å². The summed E-state index contributed by atoms with van der Waals surface area (Å²) in [5.41, 5.74) is 0. The van der Waals surface area contributed by atoms with Crippen LogP contribution in [0, 0.1) is 0 Å². The zero-order valence-corrected chi connectivity index (χ0v) is 11.1. The lowest BCUT2D eigenvalue weighted by Crippen LogP contribution is -2.41. The summed E-state index contributed by atoms with van der Waals surface area (Å²) in [5.74, 6) is 1.38. The highest BCUT2D eigenvalue weighted by Crippen LogP contribution is 2.19. The van der Waals surface area contributed by atoms with E-state index in [1.807, 2.05) is 4.57 Å². The quantitative estimate of drug-likeness (QED) is 0.851. The standard InChI is InChI=1S/C12H18N4O3/c1-8(14-12(18)19-2)11(17)15-10-7-13-9-5-3-4-6-16(9)10/h7-8H,3-6H2,1-2H3,(H,14,18)(H,15,17)/t8-/m1/s1. The third-order valence-electron chi connectivity index (χ3n) is 3.13. The van der Waals surface area contributed by atoms with Gasteiger partial charge in [-0.3, -0.25) is 4.79 Å². The first-order chi connectivity index (χ1) is 9.11. The number of amides is 2. The molecule has 1 aliphatic rings. The first kappa shape index (κ1) is 13.4. The molecule has 1 atom stereocenters. The Bertz CT molecular complexity index is 483. The minimum absolute atomic E-state index is 0.293. The number of ether oxygens (including phenoxy) is 1. The Morgan fingerprint density at radius 2 is 2.26 bits per heavy atom. The highest BCUT2D eigenvalue weighted by Gasteiger charge is 2.19. The number of alkyl carbamates (subject to hydrolysis) is 1. The van der Waals surface area contributed by atoms with E-state index < -0.39 is 12.1 Å². The highest BCUT2D eigenvalue weighted by molar-refractivity contribution is 5.95. The van der Waals surface area contributed by atoms with Gasteiger partial charge in [0.2, 0.25) is 5.91 Å². The molecular weight excluding hydrogens is 248 g/mol. The number of aromatic nitrogens is 2. The van der Waals surface area contributed by atoms with Gasteiger partial charge in [0.1, 0.15) is 17.7 Å². The fraction of sp³-hybridized carbons (Fsp3) is 0.583. The monoisotopic (exact) mass is 266 g/mol. The Morgan fingerprint density at radius 3 is 3.00 bits per heavy atom. The molecule has 1 aromatic heterocycles. The minimum Gasteiger partial charge on any atom is -0.453 e. The van der Waals surface area contributed by atoms with Crippen LogP contribution in [-0.2, 0) is 22.5 Å². The van der Waals surface area contributed by atoms with Gasteiger partial charge in [-0.25, -0.2) is 9.78 Å². The number of nitrogens with one attached hydrogen (secondary N) is 2. The number of anilines is 1. The van der Waals surface area contributed by atoms with Crippen LogP contribution in [-0.4, -0.2) is 34.7 Å². The van der Waals surface area contributed by atoms with Crippen LogP contribution >= 0.6 is 0 Å². The van der Waals surface area contributed by atoms with Gasteiger partial charge in [-0.2, -0.15) is 0 Å². The fourth-order valence-corrected chi connectivity index (χ4v) is 2.05. The van der Waals surface area contributed by atoms with Crippen molar-refractivity contribution in [2.24, 2.45) is 0 Å². The molecule has 0 fully saturated rings. The van der Waals surface area contributed by atoms with Gasteiger partial charge in [-0.15, -0.1) is 0 Å². The number of rotatable bonds is 3. The zero-order valence-electron chi connectivity index (χ0n) is 11.1. The average Bonchev–Trinajstić information content (AvgIpc) is 2.82. The van der Waals surface area contributed by atoms with E-state index in [0.717, 1.165) is 31.6 Å². The van der Waals surface area contributed by atoms with Crippen molar-refractivity contribution in [3.63, 3.8) is 0 Å². The summed E-state index contributed by atoms with van der Waals surface area (Å²) in [5, 5.41) is 5.19. The SMILES string of the molecule is COC(=O)N[C@H](C)C(=O)Nc1cnc2n1CCCC2. The largest absolute Gasteiger partial charge is 0.453 e.